The van der Waals surface area contributed by atoms with E-state index in [0.717, 1.165) is 4.90 Å². The zero-order valence-electron chi connectivity index (χ0n) is 15.0. The van der Waals surface area contributed by atoms with Gasteiger partial charge in [0.2, 0.25) is 0 Å². The number of rotatable bonds is 5. The summed E-state index contributed by atoms with van der Waals surface area (Å²) in [7, 11) is 0. The number of nitriles is 1. The average Bonchev–Trinajstić information content (AvgIpc) is 3.17. The van der Waals surface area contributed by atoms with Crippen LogP contribution in [0.3, 0.4) is 0 Å². The molecule has 0 saturated carbocycles. The summed E-state index contributed by atoms with van der Waals surface area (Å²) in [5, 5.41) is 16.5. The number of nitrogens with one attached hydrogen (secondary N) is 1. The molecule has 144 valence electrons. The third-order valence-corrected chi connectivity index (χ3v) is 4.70. The van der Waals surface area contributed by atoms with E-state index in [1.807, 2.05) is 19.2 Å². The smallest absolute Gasteiger partial charge is 0.251 e. The van der Waals surface area contributed by atoms with Crippen molar-refractivity contribution < 1.29 is 4.79 Å². The predicted molar refractivity (Wildman–Crippen MR) is 113 cm³/mol. The van der Waals surface area contributed by atoms with Crippen molar-refractivity contribution in [2.45, 2.75) is 17.9 Å². The zero-order valence-corrected chi connectivity index (χ0v) is 17.6. The lowest BCUT2D eigenvalue weighted by Crippen LogP contribution is -2.28. The Bertz CT molecular complexity index is 1020. The van der Waals surface area contributed by atoms with Crippen molar-refractivity contribution in [1.82, 2.24) is 25.1 Å². The molecule has 0 unspecified atom stereocenters. The lowest BCUT2D eigenvalue weighted by Gasteiger charge is -2.15. The Labute approximate surface area is 178 Å². The molecule has 0 bridgehead atoms. The third kappa shape index (κ3) is 4.84. The molecular formula is C18H17ClN6OS2. The summed E-state index contributed by atoms with van der Waals surface area (Å²) in [5.74, 6) is 0.769. The van der Waals surface area contributed by atoms with Gasteiger partial charge in [-0.1, -0.05) is 11.6 Å². The largest absolute Gasteiger partial charge is 0.342 e. The molecule has 0 aliphatic rings. The number of hydrogen-bond donors (Lipinski definition) is 1. The Hall–Kier alpha value is -2.54. The first-order valence-corrected chi connectivity index (χ1v) is 9.54. The highest BCUT2D eigenvalue weighted by molar-refractivity contribution is 7.98. The van der Waals surface area contributed by atoms with Crippen molar-refractivity contribution in [3.8, 4) is 11.9 Å². The van der Waals surface area contributed by atoms with Crippen LogP contribution < -0.4 is 5.32 Å². The normalized spacial score (nSPS) is 11.2. The molecule has 7 nitrogen and oxygen atoms in total. The Morgan fingerprint density at radius 3 is 2.75 bits per heavy atom. The van der Waals surface area contributed by atoms with Crippen molar-refractivity contribution in [2.24, 2.45) is 0 Å². The van der Waals surface area contributed by atoms with Crippen LogP contribution in [0.25, 0.3) is 5.82 Å². The quantitative estimate of drug-likeness (QED) is 0.619. The van der Waals surface area contributed by atoms with Gasteiger partial charge in [-0.05, 0) is 43.5 Å². The van der Waals surface area contributed by atoms with E-state index in [2.05, 4.69) is 20.4 Å². The van der Waals surface area contributed by atoms with Crippen LogP contribution in [0.2, 0.25) is 5.02 Å². The first kappa shape index (κ1) is 21.8. The molecule has 0 spiro atoms. The van der Waals surface area contributed by atoms with Gasteiger partial charge in [0.15, 0.2) is 11.6 Å². The fraction of sp³-hybridized carbons (Fsp3) is 0.167. The van der Waals surface area contributed by atoms with Crippen LogP contribution >= 0.6 is 36.9 Å². The van der Waals surface area contributed by atoms with Crippen molar-refractivity contribution in [1.29, 1.82) is 5.26 Å². The minimum absolute atomic E-state index is 0. The number of aromatic nitrogens is 4. The average molecular weight is 433 g/mol. The molecule has 0 radical (unpaired) electrons. The second-order valence-electron chi connectivity index (χ2n) is 5.62. The van der Waals surface area contributed by atoms with Crippen molar-refractivity contribution in [3.63, 3.8) is 0 Å². The van der Waals surface area contributed by atoms with Crippen LogP contribution in [0.4, 0.5) is 0 Å². The lowest BCUT2D eigenvalue weighted by molar-refractivity contribution is 0.0937. The number of carbonyl (C=O) groups excluding carboxylic acids is 1. The number of hydrogen-bond acceptors (Lipinski definition) is 6. The monoisotopic (exact) mass is 432 g/mol. The fourth-order valence-corrected chi connectivity index (χ4v) is 3.25. The summed E-state index contributed by atoms with van der Waals surface area (Å²) in [5.41, 5.74) is 0.925. The number of carbonyl (C=O) groups is 1. The number of nitrogens with zero attached hydrogens (tertiary/aromatic N) is 5. The number of halogens is 1. The van der Waals surface area contributed by atoms with Crippen LogP contribution in [0.1, 0.15) is 34.7 Å². The first-order chi connectivity index (χ1) is 13.0. The summed E-state index contributed by atoms with van der Waals surface area (Å²) in [6.45, 7) is 1.81. The molecule has 1 N–H and O–H groups in total. The molecule has 2 aromatic heterocycles. The molecule has 3 aromatic rings. The maximum absolute atomic E-state index is 12.6. The molecule has 10 heteroatoms. The summed E-state index contributed by atoms with van der Waals surface area (Å²) in [4.78, 5) is 22.0. The second kappa shape index (κ2) is 9.59. The van der Waals surface area contributed by atoms with Crippen LogP contribution in [-0.2, 0) is 0 Å². The molecule has 2 heterocycles. The van der Waals surface area contributed by atoms with Gasteiger partial charge in [0.1, 0.15) is 12.4 Å². The third-order valence-electron chi connectivity index (χ3n) is 3.77. The van der Waals surface area contributed by atoms with Crippen LogP contribution in [0.15, 0.2) is 47.8 Å². The molecule has 1 aromatic carbocycles. The Kier molecular flexibility index (Phi) is 7.45. The van der Waals surface area contributed by atoms with Crippen molar-refractivity contribution in [2.75, 3.05) is 6.26 Å². The topological polar surface area (TPSA) is 96.5 Å². The molecule has 0 aliphatic carbocycles. The predicted octanol–water partition coefficient (Wildman–Crippen LogP) is 3.51. The Balaban J connectivity index is 0.00000280. The molecule has 1 amide bonds. The molecule has 0 saturated heterocycles. The van der Waals surface area contributed by atoms with Gasteiger partial charge >= 0.3 is 0 Å². The van der Waals surface area contributed by atoms with Gasteiger partial charge in [-0.15, -0.1) is 11.8 Å². The molecule has 28 heavy (non-hydrogen) atoms. The van der Waals surface area contributed by atoms with Crippen molar-refractivity contribution in [3.05, 3.63) is 64.8 Å². The summed E-state index contributed by atoms with van der Waals surface area (Å²) >= 11 is 7.60. The van der Waals surface area contributed by atoms with E-state index in [1.54, 1.807) is 30.3 Å². The highest BCUT2D eigenvalue weighted by atomic mass is 35.5. The van der Waals surface area contributed by atoms with E-state index in [1.165, 1.54) is 29.0 Å². The van der Waals surface area contributed by atoms with Crippen LogP contribution in [-0.4, -0.2) is 31.9 Å². The van der Waals surface area contributed by atoms with E-state index < -0.39 is 6.04 Å². The SMILES string of the molecule is CSc1cc(Cl)cc(C(=O)N[C@H](C)c2ncnn2-c2ccc(C#N)cn2)c1.S. The number of benzene rings is 1. The standard InChI is InChI=1S/C18H15ClN6OS.H2S/c1-11(24-18(26)13-5-14(19)7-15(6-13)27-2)17-22-10-23-25(17)16-4-3-12(8-20)9-21-16;/h3-7,9-11H,1-2H3,(H,24,26);1H2/t11-;/m1./s1. The molecule has 0 fully saturated rings. The lowest BCUT2D eigenvalue weighted by atomic mass is 10.2. The fourth-order valence-electron chi connectivity index (χ4n) is 2.46. The summed E-state index contributed by atoms with van der Waals surface area (Å²) in [6, 6.07) is 10.1. The molecular weight excluding hydrogens is 416 g/mol. The van der Waals surface area contributed by atoms with E-state index >= 15 is 0 Å². The minimum atomic E-state index is -0.422. The van der Waals surface area contributed by atoms with Gasteiger partial charge < -0.3 is 5.32 Å². The van der Waals surface area contributed by atoms with Crippen LogP contribution in [0, 0.1) is 11.3 Å². The summed E-state index contributed by atoms with van der Waals surface area (Å²) < 4.78 is 1.53. The van der Waals surface area contributed by atoms with E-state index in [4.69, 9.17) is 16.9 Å². The number of thioether (sulfide) groups is 1. The maximum Gasteiger partial charge on any atom is 0.251 e. The second-order valence-corrected chi connectivity index (χ2v) is 6.94. The Morgan fingerprint density at radius 1 is 1.32 bits per heavy atom. The van der Waals surface area contributed by atoms with Gasteiger partial charge in [-0.2, -0.15) is 28.5 Å². The van der Waals surface area contributed by atoms with Crippen LogP contribution in [0.5, 0.6) is 0 Å². The van der Waals surface area contributed by atoms with Gasteiger partial charge in [0.25, 0.3) is 5.91 Å². The van der Waals surface area contributed by atoms with Crippen molar-refractivity contribution >= 4 is 42.8 Å². The summed E-state index contributed by atoms with van der Waals surface area (Å²) in [6.07, 6.45) is 4.77. The van der Waals surface area contributed by atoms with Gasteiger partial charge in [0, 0.05) is 21.7 Å². The molecule has 3 rings (SSSR count). The van der Waals surface area contributed by atoms with Gasteiger partial charge in [-0.25, -0.2) is 9.97 Å². The highest BCUT2D eigenvalue weighted by Crippen LogP contribution is 2.23. The molecule has 0 aliphatic heterocycles. The molecule has 1 atom stereocenters. The van der Waals surface area contributed by atoms with Gasteiger partial charge in [0.05, 0.1) is 11.6 Å². The maximum atomic E-state index is 12.6. The van der Waals surface area contributed by atoms with Gasteiger partial charge in [-0.3, -0.25) is 4.79 Å². The zero-order chi connectivity index (χ0) is 19.4. The van der Waals surface area contributed by atoms with E-state index in [0.29, 0.717) is 27.8 Å². The first-order valence-electron chi connectivity index (χ1n) is 7.93. The van der Waals surface area contributed by atoms with E-state index in [9.17, 15) is 4.79 Å². The highest BCUT2D eigenvalue weighted by Gasteiger charge is 2.18. The number of amides is 1. The minimum Gasteiger partial charge on any atom is -0.342 e. The van der Waals surface area contributed by atoms with E-state index in [-0.39, 0.29) is 19.4 Å². The number of pyridine rings is 1. The Morgan fingerprint density at radius 2 is 2.11 bits per heavy atom.